The molecule has 2 aromatic rings. The largest absolute Gasteiger partial charge is 0.481 e. The molecule has 0 aliphatic rings. The lowest BCUT2D eigenvalue weighted by molar-refractivity contribution is -0.0686. The number of nitrogens with zero attached hydrogens (tertiary/aromatic N) is 1. The van der Waals surface area contributed by atoms with Crippen molar-refractivity contribution in [2.24, 2.45) is 0 Å². The highest BCUT2D eigenvalue weighted by atomic mass is 79.9. The lowest BCUT2D eigenvalue weighted by Crippen LogP contribution is -2.13. The van der Waals surface area contributed by atoms with Gasteiger partial charge in [0.2, 0.25) is 5.88 Å². The minimum atomic E-state index is -4.73. The summed E-state index contributed by atoms with van der Waals surface area (Å²) in [5, 5.41) is 0. The second kappa shape index (κ2) is 9.75. The zero-order valence-electron chi connectivity index (χ0n) is 15.7. The van der Waals surface area contributed by atoms with Crippen LogP contribution in [0.2, 0.25) is 0 Å². The van der Waals surface area contributed by atoms with Crippen LogP contribution in [0.25, 0.3) is 11.6 Å². The van der Waals surface area contributed by atoms with Crippen LogP contribution in [0.3, 0.4) is 0 Å². The first-order chi connectivity index (χ1) is 13.7. The fraction of sp³-hybridized carbons (Fsp3) is 0.263. The molecule has 6 nitrogen and oxygen atoms in total. The van der Waals surface area contributed by atoms with Gasteiger partial charge in [-0.3, -0.25) is 0 Å². The number of aromatic nitrogens is 1. The van der Waals surface area contributed by atoms with Crippen molar-refractivity contribution in [2.75, 3.05) is 28.1 Å². The van der Waals surface area contributed by atoms with Gasteiger partial charge in [-0.15, -0.1) is 0 Å². The van der Waals surface area contributed by atoms with E-state index < -0.39 is 17.7 Å². The highest BCUT2D eigenvalue weighted by Gasteiger charge is 2.37. The number of methoxy groups -OCH3 is 3. The number of halogens is 4. The second-order valence-corrected chi connectivity index (χ2v) is 6.39. The van der Waals surface area contributed by atoms with Crippen molar-refractivity contribution in [2.45, 2.75) is 6.18 Å². The van der Waals surface area contributed by atoms with E-state index in [1.54, 1.807) is 0 Å². The second-order valence-electron chi connectivity index (χ2n) is 5.53. The lowest BCUT2D eigenvalue weighted by Gasteiger charge is -2.15. The number of pyridine rings is 1. The van der Waals surface area contributed by atoms with Crippen LogP contribution in [0.1, 0.15) is 21.6 Å². The number of carbonyl (C=O) groups is 1. The molecule has 0 N–H and O–H groups in total. The van der Waals surface area contributed by atoms with E-state index in [1.165, 1.54) is 51.7 Å². The van der Waals surface area contributed by atoms with Crippen LogP contribution in [0.15, 0.2) is 34.8 Å². The summed E-state index contributed by atoms with van der Waals surface area (Å²) < 4.78 is 61.4. The van der Waals surface area contributed by atoms with Gasteiger partial charge in [0.15, 0.2) is 6.79 Å². The normalized spacial score (nSPS) is 11.9. The Labute approximate surface area is 173 Å². The standard InChI is InChI=1S/C19H17BrF3NO5/c1-26-10-29-15-9-12(18(25)28-3)5-4-11(15)8-13(19(21,22)23)17-14(20)6-7-16(24-17)27-2/h4-9H,10H2,1-3H3. The SMILES string of the molecule is COCOc1cc(C(=O)OC)ccc1C=C(c1nc(OC)ccc1Br)C(F)(F)F. The minimum absolute atomic E-state index is 0.00974. The summed E-state index contributed by atoms with van der Waals surface area (Å²) >= 11 is 3.10. The maximum Gasteiger partial charge on any atom is 0.418 e. The predicted molar refractivity (Wildman–Crippen MR) is 103 cm³/mol. The van der Waals surface area contributed by atoms with Crippen LogP contribution in [0, 0.1) is 0 Å². The van der Waals surface area contributed by atoms with Crippen LogP contribution < -0.4 is 9.47 Å². The smallest absolute Gasteiger partial charge is 0.418 e. The fourth-order valence-corrected chi connectivity index (χ4v) is 2.75. The van der Waals surface area contributed by atoms with Gasteiger partial charge in [0.1, 0.15) is 5.75 Å². The number of hydrogen-bond acceptors (Lipinski definition) is 6. The van der Waals surface area contributed by atoms with E-state index in [4.69, 9.17) is 14.2 Å². The summed E-state index contributed by atoms with van der Waals surface area (Å²) in [5.41, 5.74) is -1.20. The minimum Gasteiger partial charge on any atom is -0.481 e. The topological polar surface area (TPSA) is 66.9 Å². The summed E-state index contributed by atoms with van der Waals surface area (Å²) in [6.07, 6.45) is -3.86. The molecule has 0 atom stereocenters. The fourth-order valence-electron chi connectivity index (χ4n) is 2.31. The van der Waals surface area contributed by atoms with E-state index in [2.05, 4.69) is 25.7 Å². The molecule has 10 heteroatoms. The highest BCUT2D eigenvalue weighted by Crippen LogP contribution is 2.39. The molecule has 0 spiro atoms. The molecule has 0 radical (unpaired) electrons. The van der Waals surface area contributed by atoms with Crippen LogP contribution in [-0.4, -0.2) is 45.3 Å². The van der Waals surface area contributed by atoms with Crippen LogP contribution in [-0.2, 0) is 9.47 Å². The first-order valence-electron chi connectivity index (χ1n) is 8.05. The van der Waals surface area contributed by atoms with Gasteiger partial charge in [-0.25, -0.2) is 9.78 Å². The predicted octanol–water partition coefficient (Wildman–Crippen LogP) is 4.72. The van der Waals surface area contributed by atoms with Crippen molar-refractivity contribution < 1.29 is 36.9 Å². The average Bonchev–Trinajstić information content (AvgIpc) is 2.70. The van der Waals surface area contributed by atoms with E-state index in [1.807, 2.05) is 0 Å². The maximum atomic E-state index is 13.8. The summed E-state index contributed by atoms with van der Waals surface area (Å²) in [7, 11) is 3.86. The quantitative estimate of drug-likeness (QED) is 0.426. The van der Waals surface area contributed by atoms with E-state index >= 15 is 0 Å². The van der Waals surface area contributed by atoms with Gasteiger partial charge in [-0.2, -0.15) is 13.2 Å². The Morgan fingerprint density at radius 1 is 1.17 bits per heavy atom. The zero-order valence-corrected chi connectivity index (χ0v) is 17.3. The van der Waals surface area contributed by atoms with Crippen molar-refractivity contribution in [3.63, 3.8) is 0 Å². The number of hydrogen-bond donors (Lipinski definition) is 0. The van der Waals surface area contributed by atoms with Crippen molar-refractivity contribution in [3.05, 3.63) is 51.6 Å². The number of allylic oxidation sites excluding steroid dienone is 1. The zero-order chi connectivity index (χ0) is 21.6. The highest BCUT2D eigenvalue weighted by molar-refractivity contribution is 9.10. The van der Waals surface area contributed by atoms with Gasteiger partial charge >= 0.3 is 12.1 Å². The number of esters is 1. The molecule has 1 aromatic carbocycles. The van der Waals surface area contributed by atoms with Gasteiger partial charge in [0.25, 0.3) is 0 Å². The molecule has 29 heavy (non-hydrogen) atoms. The number of rotatable bonds is 7. The van der Waals surface area contributed by atoms with E-state index in [-0.39, 0.29) is 39.7 Å². The number of alkyl halides is 3. The molecule has 0 fully saturated rings. The van der Waals surface area contributed by atoms with Crippen molar-refractivity contribution in [1.29, 1.82) is 0 Å². The molecule has 0 saturated heterocycles. The molecule has 0 saturated carbocycles. The molecular weight excluding hydrogens is 459 g/mol. The Kier molecular flexibility index (Phi) is 7.63. The molecule has 0 unspecified atom stereocenters. The molecule has 0 bridgehead atoms. The average molecular weight is 476 g/mol. The van der Waals surface area contributed by atoms with Gasteiger partial charge in [-0.1, -0.05) is 6.07 Å². The molecule has 0 amide bonds. The third-order valence-electron chi connectivity index (χ3n) is 3.66. The first-order valence-corrected chi connectivity index (χ1v) is 8.84. The third kappa shape index (κ3) is 5.70. The molecule has 2 rings (SSSR count). The summed E-state index contributed by atoms with van der Waals surface area (Å²) in [5.74, 6) is -0.623. The Balaban J connectivity index is 2.66. The van der Waals surface area contributed by atoms with Gasteiger partial charge in [0.05, 0.1) is 31.1 Å². The summed E-state index contributed by atoms with van der Waals surface area (Å²) in [4.78, 5) is 15.6. The lowest BCUT2D eigenvalue weighted by atomic mass is 10.0. The van der Waals surface area contributed by atoms with E-state index in [0.29, 0.717) is 0 Å². The number of carbonyl (C=O) groups excluding carboxylic acids is 1. The van der Waals surface area contributed by atoms with Gasteiger partial charge in [-0.05, 0) is 40.2 Å². The maximum absolute atomic E-state index is 13.8. The van der Waals surface area contributed by atoms with Gasteiger partial charge < -0.3 is 18.9 Å². The number of benzene rings is 1. The molecular formula is C19H17BrF3NO5. The monoisotopic (exact) mass is 475 g/mol. The summed E-state index contributed by atoms with van der Waals surface area (Å²) in [6, 6.07) is 6.76. The Morgan fingerprint density at radius 2 is 1.90 bits per heavy atom. The third-order valence-corrected chi connectivity index (χ3v) is 4.30. The Morgan fingerprint density at radius 3 is 2.48 bits per heavy atom. The first kappa shape index (κ1) is 22.7. The Bertz CT molecular complexity index is 915. The molecule has 0 aliphatic carbocycles. The van der Waals surface area contributed by atoms with E-state index in [0.717, 1.165) is 6.08 Å². The van der Waals surface area contributed by atoms with Crippen molar-refractivity contribution in [3.8, 4) is 11.6 Å². The molecule has 0 aliphatic heterocycles. The van der Waals surface area contributed by atoms with Crippen molar-refractivity contribution in [1.82, 2.24) is 4.98 Å². The number of ether oxygens (including phenoxy) is 4. The molecule has 1 heterocycles. The summed E-state index contributed by atoms with van der Waals surface area (Å²) in [6.45, 7) is -0.228. The molecule has 156 valence electrons. The van der Waals surface area contributed by atoms with Crippen LogP contribution in [0.5, 0.6) is 11.6 Å². The van der Waals surface area contributed by atoms with Crippen LogP contribution in [0.4, 0.5) is 13.2 Å². The Hall–Kier alpha value is -2.59. The van der Waals surface area contributed by atoms with Crippen molar-refractivity contribution >= 4 is 33.5 Å². The molecule has 1 aromatic heterocycles. The van der Waals surface area contributed by atoms with E-state index in [9.17, 15) is 18.0 Å². The van der Waals surface area contributed by atoms with Crippen LogP contribution >= 0.6 is 15.9 Å². The van der Waals surface area contributed by atoms with Gasteiger partial charge in [0, 0.05) is 23.2 Å².